The minimum atomic E-state index is 0.221. The molecule has 1 aromatic carbocycles. The third-order valence-corrected chi connectivity index (χ3v) is 3.12. The zero-order valence-corrected chi connectivity index (χ0v) is 11.3. The predicted octanol–water partition coefficient (Wildman–Crippen LogP) is 2.62. The standard InChI is InChI=1S/C12H11N3OS2/c1-18-9-4-2-8(3-5-9)16-11-7-14-10(6-15-11)12(13)17/h2-7H,1H3,(H2,13,17). The van der Waals surface area contributed by atoms with Crippen LogP contribution in [0.5, 0.6) is 11.6 Å². The molecule has 2 N–H and O–H groups in total. The molecule has 0 aliphatic heterocycles. The Morgan fingerprint density at radius 3 is 2.44 bits per heavy atom. The first-order valence-electron chi connectivity index (χ1n) is 5.13. The van der Waals surface area contributed by atoms with Crippen LogP contribution in [0.2, 0.25) is 0 Å². The second-order valence-corrected chi connectivity index (χ2v) is 4.70. The average Bonchev–Trinajstić information content (AvgIpc) is 2.40. The lowest BCUT2D eigenvalue weighted by molar-refractivity contribution is 0.459. The summed E-state index contributed by atoms with van der Waals surface area (Å²) in [6.45, 7) is 0. The molecule has 2 rings (SSSR count). The molecule has 0 saturated heterocycles. The summed E-state index contributed by atoms with van der Waals surface area (Å²) in [5, 5.41) is 0. The van der Waals surface area contributed by atoms with E-state index < -0.39 is 0 Å². The van der Waals surface area contributed by atoms with Crippen LogP contribution in [0.1, 0.15) is 5.69 Å². The van der Waals surface area contributed by atoms with E-state index in [1.165, 1.54) is 17.3 Å². The number of benzene rings is 1. The second kappa shape index (κ2) is 5.79. The molecule has 6 heteroatoms. The first-order chi connectivity index (χ1) is 8.69. The minimum Gasteiger partial charge on any atom is -0.438 e. The van der Waals surface area contributed by atoms with Crippen molar-refractivity contribution >= 4 is 29.0 Å². The molecule has 1 aromatic heterocycles. The van der Waals surface area contributed by atoms with E-state index in [9.17, 15) is 0 Å². The van der Waals surface area contributed by atoms with Crippen LogP contribution in [0, 0.1) is 0 Å². The first kappa shape index (κ1) is 12.8. The maximum absolute atomic E-state index is 5.55. The number of thiocarbonyl (C=S) groups is 1. The van der Waals surface area contributed by atoms with Crippen molar-refractivity contribution in [2.24, 2.45) is 5.73 Å². The van der Waals surface area contributed by atoms with Gasteiger partial charge in [-0.15, -0.1) is 11.8 Å². The summed E-state index contributed by atoms with van der Waals surface area (Å²) in [6, 6.07) is 7.73. The highest BCUT2D eigenvalue weighted by molar-refractivity contribution is 7.98. The molecule has 0 bridgehead atoms. The molecule has 18 heavy (non-hydrogen) atoms. The number of aromatic nitrogens is 2. The Morgan fingerprint density at radius 1 is 1.22 bits per heavy atom. The van der Waals surface area contributed by atoms with Crippen molar-refractivity contribution < 1.29 is 4.74 Å². The maximum Gasteiger partial charge on any atom is 0.237 e. The second-order valence-electron chi connectivity index (χ2n) is 3.38. The fourth-order valence-electron chi connectivity index (χ4n) is 1.26. The van der Waals surface area contributed by atoms with Crippen molar-refractivity contribution in [1.82, 2.24) is 9.97 Å². The van der Waals surface area contributed by atoms with Crippen molar-refractivity contribution in [3.05, 3.63) is 42.4 Å². The lowest BCUT2D eigenvalue weighted by Gasteiger charge is -2.05. The molecule has 4 nitrogen and oxygen atoms in total. The molecule has 92 valence electrons. The highest BCUT2D eigenvalue weighted by Gasteiger charge is 2.02. The van der Waals surface area contributed by atoms with Crippen LogP contribution in [0.3, 0.4) is 0 Å². The Bertz CT molecular complexity index is 540. The normalized spacial score (nSPS) is 10.1. The van der Waals surface area contributed by atoms with Crippen LogP contribution < -0.4 is 10.5 Å². The zero-order valence-electron chi connectivity index (χ0n) is 9.66. The van der Waals surface area contributed by atoms with Gasteiger partial charge < -0.3 is 10.5 Å². The van der Waals surface area contributed by atoms with E-state index in [4.69, 9.17) is 22.7 Å². The highest BCUT2D eigenvalue weighted by atomic mass is 32.2. The fraction of sp³-hybridized carbons (Fsp3) is 0.0833. The molecule has 0 aliphatic rings. The Hall–Kier alpha value is -1.66. The molecular weight excluding hydrogens is 266 g/mol. The fourth-order valence-corrected chi connectivity index (χ4v) is 1.77. The number of hydrogen-bond acceptors (Lipinski definition) is 5. The highest BCUT2D eigenvalue weighted by Crippen LogP contribution is 2.22. The van der Waals surface area contributed by atoms with Crippen molar-refractivity contribution in [2.45, 2.75) is 4.90 Å². The summed E-state index contributed by atoms with van der Waals surface area (Å²) < 4.78 is 5.55. The van der Waals surface area contributed by atoms with E-state index in [1.807, 2.05) is 30.5 Å². The minimum absolute atomic E-state index is 0.221. The summed E-state index contributed by atoms with van der Waals surface area (Å²) in [6.07, 6.45) is 5.01. The topological polar surface area (TPSA) is 61.0 Å². The van der Waals surface area contributed by atoms with Crippen LogP contribution in [0.4, 0.5) is 0 Å². The van der Waals surface area contributed by atoms with Gasteiger partial charge in [-0.1, -0.05) is 12.2 Å². The maximum atomic E-state index is 5.55. The van der Waals surface area contributed by atoms with Gasteiger partial charge in [-0.05, 0) is 30.5 Å². The monoisotopic (exact) mass is 277 g/mol. The molecule has 0 radical (unpaired) electrons. The van der Waals surface area contributed by atoms with E-state index in [1.54, 1.807) is 11.8 Å². The van der Waals surface area contributed by atoms with Gasteiger partial charge in [0.05, 0.1) is 12.4 Å². The largest absolute Gasteiger partial charge is 0.438 e. The van der Waals surface area contributed by atoms with Gasteiger partial charge in [0.25, 0.3) is 0 Å². The Labute approximate surface area is 115 Å². The third kappa shape index (κ3) is 3.18. The van der Waals surface area contributed by atoms with Gasteiger partial charge in [0.2, 0.25) is 5.88 Å². The summed E-state index contributed by atoms with van der Waals surface area (Å²) in [5.41, 5.74) is 5.92. The molecule has 0 atom stereocenters. The molecule has 0 fully saturated rings. The molecule has 0 spiro atoms. The number of rotatable bonds is 4. The molecule has 0 saturated carbocycles. The van der Waals surface area contributed by atoms with Crippen molar-refractivity contribution in [2.75, 3.05) is 6.26 Å². The van der Waals surface area contributed by atoms with E-state index in [0.717, 1.165) is 0 Å². The molecule has 0 aliphatic carbocycles. The van der Waals surface area contributed by atoms with E-state index in [2.05, 4.69) is 9.97 Å². The van der Waals surface area contributed by atoms with E-state index in [0.29, 0.717) is 17.3 Å². The number of ether oxygens (including phenoxy) is 1. The third-order valence-electron chi connectivity index (χ3n) is 2.16. The predicted molar refractivity (Wildman–Crippen MR) is 76.2 cm³/mol. The van der Waals surface area contributed by atoms with Gasteiger partial charge in [0, 0.05) is 4.90 Å². The van der Waals surface area contributed by atoms with Gasteiger partial charge in [-0.2, -0.15) is 0 Å². The summed E-state index contributed by atoms with van der Waals surface area (Å²) in [4.78, 5) is 9.53. The van der Waals surface area contributed by atoms with Crippen LogP contribution in [0.25, 0.3) is 0 Å². The quantitative estimate of drug-likeness (QED) is 0.685. The average molecular weight is 277 g/mol. The van der Waals surface area contributed by atoms with Crippen LogP contribution in [-0.2, 0) is 0 Å². The van der Waals surface area contributed by atoms with Gasteiger partial charge in [0.1, 0.15) is 16.4 Å². The van der Waals surface area contributed by atoms with Crippen LogP contribution in [-0.4, -0.2) is 21.2 Å². The number of nitrogens with zero attached hydrogens (tertiary/aromatic N) is 2. The van der Waals surface area contributed by atoms with Gasteiger partial charge in [-0.25, -0.2) is 9.97 Å². The smallest absolute Gasteiger partial charge is 0.237 e. The number of hydrogen-bond donors (Lipinski definition) is 1. The SMILES string of the molecule is CSc1ccc(Oc2cnc(C(N)=S)cn2)cc1. The number of nitrogens with two attached hydrogens (primary N) is 1. The van der Waals surface area contributed by atoms with Crippen LogP contribution >= 0.6 is 24.0 Å². The lowest BCUT2D eigenvalue weighted by atomic mass is 10.3. The van der Waals surface area contributed by atoms with Crippen molar-refractivity contribution in [3.8, 4) is 11.6 Å². The summed E-state index contributed by atoms with van der Waals surface area (Å²) >= 11 is 6.47. The van der Waals surface area contributed by atoms with Gasteiger partial charge in [-0.3, -0.25) is 0 Å². The van der Waals surface area contributed by atoms with E-state index in [-0.39, 0.29) is 4.99 Å². The van der Waals surface area contributed by atoms with Crippen molar-refractivity contribution in [1.29, 1.82) is 0 Å². The molecule has 1 heterocycles. The summed E-state index contributed by atoms with van der Waals surface area (Å²) in [5.74, 6) is 1.12. The molecule has 0 amide bonds. The Balaban J connectivity index is 2.10. The van der Waals surface area contributed by atoms with E-state index >= 15 is 0 Å². The Morgan fingerprint density at radius 2 is 1.94 bits per heavy atom. The zero-order chi connectivity index (χ0) is 13.0. The number of thioether (sulfide) groups is 1. The lowest BCUT2D eigenvalue weighted by Crippen LogP contribution is -2.11. The molecule has 0 unspecified atom stereocenters. The summed E-state index contributed by atoms with van der Waals surface area (Å²) in [7, 11) is 0. The van der Waals surface area contributed by atoms with Gasteiger partial charge >= 0.3 is 0 Å². The van der Waals surface area contributed by atoms with Crippen molar-refractivity contribution in [3.63, 3.8) is 0 Å². The van der Waals surface area contributed by atoms with Crippen LogP contribution in [0.15, 0.2) is 41.6 Å². The molecule has 2 aromatic rings. The first-order valence-corrected chi connectivity index (χ1v) is 6.76. The Kier molecular flexibility index (Phi) is 4.11. The van der Waals surface area contributed by atoms with Gasteiger partial charge in [0.15, 0.2) is 0 Å². The molecular formula is C12H11N3OS2.